The number of imidazole rings is 1. The number of anilines is 1. The SMILES string of the molecule is C=CCn1c(C)nc(-c2ccc(C)cc2)c1N. The third kappa shape index (κ3) is 2.09. The molecule has 0 unspecified atom stereocenters. The van der Waals surface area contributed by atoms with Gasteiger partial charge in [-0.05, 0) is 13.8 Å². The molecule has 3 heteroatoms. The van der Waals surface area contributed by atoms with E-state index in [1.807, 2.05) is 29.7 Å². The molecule has 0 saturated carbocycles. The van der Waals surface area contributed by atoms with Crippen molar-refractivity contribution in [2.75, 3.05) is 5.73 Å². The molecule has 1 aromatic heterocycles. The zero-order chi connectivity index (χ0) is 12.4. The van der Waals surface area contributed by atoms with E-state index in [-0.39, 0.29) is 0 Å². The summed E-state index contributed by atoms with van der Waals surface area (Å²) in [4.78, 5) is 4.52. The molecule has 2 aromatic rings. The molecule has 1 aromatic carbocycles. The standard InChI is InChI=1S/C14H17N3/c1-4-9-17-11(3)16-13(14(17)15)12-7-5-10(2)6-8-12/h4-8H,1,9,15H2,2-3H3. The molecule has 17 heavy (non-hydrogen) atoms. The first-order valence-electron chi connectivity index (χ1n) is 5.64. The van der Waals surface area contributed by atoms with Gasteiger partial charge in [0.1, 0.15) is 17.3 Å². The largest absolute Gasteiger partial charge is 0.383 e. The second-order valence-electron chi connectivity index (χ2n) is 4.16. The van der Waals surface area contributed by atoms with Crippen LogP contribution in [0.1, 0.15) is 11.4 Å². The minimum Gasteiger partial charge on any atom is -0.383 e. The molecule has 0 spiro atoms. The van der Waals surface area contributed by atoms with Crippen molar-refractivity contribution in [2.24, 2.45) is 0 Å². The van der Waals surface area contributed by atoms with Crippen molar-refractivity contribution in [2.45, 2.75) is 20.4 Å². The van der Waals surface area contributed by atoms with Crippen molar-refractivity contribution in [3.05, 3.63) is 48.3 Å². The van der Waals surface area contributed by atoms with Gasteiger partial charge in [0, 0.05) is 12.1 Å². The fourth-order valence-electron chi connectivity index (χ4n) is 1.87. The number of aryl methyl sites for hydroxylation is 2. The topological polar surface area (TPSA) is 43.8 Å². The van der Waals surface area contributed by atoms with Crippen LogP contribution in [0.25, 0.3) is 11.3 Å². The Morgan fingerprint density at radius 2 is 1.94 bits per heavy atom. The second-order valence-corrected chi connectivity index (χ2v) is 4.16. The van der Waals surface area contributed by atoms with Crippen molar-refractivity contribution >= 4 is 5.82 Å². The van der Waals surface area contributed by atoms with E-state index in [4.69, 9.17) is 5.73 Å². The van der Waals surface area contributed by atoms with Gasteiger partial charge in [-0.15, -0.1) is 6.58 Å². The Hall–Kier alpha value is -2.03. The van der Waals surface area contributed by atoms with Crippen molar-refractivity contribution in [1.82, 2.24) is 9.55 Å². The molecule has 0 saturated heterocycles. The minimum absolute atomic E-state index is 0.691. The van der Waals surface area contributed by atoms with Crippen LogP contribution in [0.4, 0.5) is 5.82 Å². The fourth-order valence-corrected chi connectivity index (χ4v) is 1.87. The Bertz CT molecular complexity index is 535. The maximum absolute atomic E-state index is 6.11. The average Bonchev–Trinajstić information content (AvgIpc) is 2.59. The first-order chi connectivity index (χ1) is 8.13. The van der Waals surface area contributed by atoms with E-state index < -0.39 is 0 Å². The van der Waals surface area contributed by atoms with Gasteiger partial charge < -0.3 is 10.3 Å². The number of hydrogen-bond acceptors (Lipinski definition) is 2. The molecule has 0 bridgehead atoms. The minimum atomic E-state index is 0.691. The first kappa shape index (κ1) is 11.5. The molecule has 0 radical (unpaired) electrons. The molecule has 88 valence electrons. The Kier molecular flexibility index (Phi) is 3.00. The summed E-state index contributed by atoms with van der Waals surface area (Å²) in [5.41, 5.74) is 9.25. The quantitative estimate of drug-likeness (QED) is 0.819. The summed E-state index contributed by atoms with van der Waals surface area (Å²) in [6.07, 6.45) is 1.82. The van der Waals surface area contributed by atoms with Crippen molar-refractivity contribution in [3.8, 4) is 11.3 Å². The third-order valence-corrected chi connectivity index (χ3v) is 2.83. The van der Waals surface area contributed by atoms with E-state index in [9.17, 15) is 0 Å². The van der Waals surface area contributed by atoms with E-state index >= 15 is 0 Å². The van der Waals surface area contributed by atoms with Crippen molar-refractivity contribution < 1.29 is 0 Å². The van der Waals surface area contributed by atoms with Crippen molar-refractivity contribution in [1.29, 1.82) is 0 Å². The molecule has 0 atom stereocenters. The lowest BCUT2D eigenvalue weighted by Crippen LogP contribution is -2.03. The lowest BCUT2D eigenvalue weighted by Gasteiger charge is -2.04. The predicted octanol–water partition coefficient (Wildman–Crippen LogP) is 2.94. The lowest BCUT2D eigenvalue weighted by atomic mass is 10.1. The number of benzene rings is 1. The molecule has 0 fully saturated rings. The van der Waals surface area contributed by atoms with Gasteiger partial charge in [0.2, 0.25) is 0 Å². The molecule has 0 aliphatic carbocycles. The van der Waals surface area contributed by atoms with E-state index in [1.54, 1.807) is 0 Å². The van der Waals surface area contributed by atoms with Gasteiger partial charge in [-0.3, -0.25) is 0 Å². The lowest BCUT2D eigenvalue weighted by molar-refractivity contribution is 0.792. The highest BCUT2D eigenvalue weighted by molar-refractivity contribution is 5.71. The number of nitrogens with two attached hydrogens (primary N) is 1. The molecule has 0 aliphatic rings. The van der Waals surface area contributed by atoms with Crippen LogP contribution in [0, 0.1) is 13.8 Å². The number of allylic oxidation sites excluding steroid dienone is 1. The number of nitrogens with zero attached hydrogens (tertiary/aromatic N) is 2. The van der Waals surface area contributed by atoms with Crippen LogP contribution in [0.5, 0.6) is 0 Å². The van der Waals surface area contributed by atoms with E-state index in [0.717, 1.165) is 17.1 Å². The van der Waals surface area contributed by atoms with Gasteiger partial charge in [0.15, 0.2) is 0 Å². The van der Waals surface area contributed by atoms with Crippen LogP contribution >= 0.6 is 0 Å². The van der Waals surface area contributed by atoms with Crippen molar-refractivity contribution in [3.63, 3.8) is 0 Å². The Morgan fingerprint density at radius 1 is 1.29 bits per heavy atom. The van der Waals surface area contributed by atoms with Gasteiger partial charge in [0.05, 0.1) is 0 Å². The van der Waals surface area contributed by atoms with E-state index in [2.05, 4.69) is 30.6 Å². The molecular weight excluding hydrogens is 210 g/mol. The summed E-state index contributed by atoms with van der Waals surface area (Å²) < 4.78 is 1.96. The highest BCUT2D eigenvalue weighted by Crippen LogP contribution is 2.26. The molecule has 0 amide bonds. The first-order valence-corrected chi connectivity index (χ1v) is 5.64. The summed E-state index contributed by atoms with van der Waals surface area (Å²) in [7, 11) is 0. The summed E-state index contributed by atoms with van der Waals surface area (Å²) in [5, 5.41) is 0. The molecular formula is C14H17N3. The highest BCUT2D eigenvalue weighted by atomic mass is 15.1. The third-order valence-electron chi connectivity index (χ3n) is 2.83. The summed E-state index contributed by atoms with van der Waals surface area (Å²) in [5.74, 6) is 1.62. The highest BCUT2D eigenvalue weighted by Gasteiger charge is 2.12. The van der Waals surface area contributed by atoms with E-state index in [0.29, 0.717) is 12.4 Å². The maximum atomic E-state index is 6.11. The number of nitrogen functional groups attached to an aromatic ring is 1. The molecule has 1 heterocycles. The Morgan fingerprint density at radius 3 is 2.53 bits per heavy atom. The monoisotopic (exact) mass is 227 g/mol. The van der Waals surface area contributed by atoms with Gasteiger partial charge in [-0.2, -0.15) is 0 Å². The molecule has 3 nitrogen and oxygen atoms in total. The molecule has 2 rings (SSSR count). The Labute approximate surface area is 102 Å². The van der Waals surface area contributed by atoms with Crippen LogP contribution in [-0.4, -0.2) is 9.55 Å². The summed E-state index contributed by atoms with van der Waals surface area (Å²) in [6.45, 7) is 8.44. The second kappa shape index (κ2) is 4.45. The average molecular weight is 227 g/mol. The van der Waals surface area contributed by atoms with Gasteiger partial charge in [-0.1, -0.05) is 35.9 Å². The number of rotatable bonds is 3. The smallest absolute Gasteiger partial charge is 0.132 e. The normalized spacial score (nSPS) is 10.5. The van der Waals surface area contributed by atoms with Crippen LogP contribution < -0.4 is 5.73 Å². The summed E-state index contributed by atoms with van der Waals surface area (Å²) in [6, 6.07) is 8.23. The zero-order valence-electron chi connectivity index (χ0n) is 10.3. The zero-order valence-corrected chi connectivity index (χ0v) is 10.3. The van der Waals surface area contributed by atoms with Crippen LogP contribution in [-0.2, 0) is 6.54 Å². The Balaban J connectivity index is 2.49. The van der Waals surface area contributed by atoms with E-state index in [1.165, 1.54) is 5.56 Å². The predicted molar refractivity (Wildman–Crippen MR) is 71.7 cm³/mol. The molecule has 0 aliphatic heterocycles. The fraction of sp³-hybridized carbons (Fsp3) is 0.214. The number of aromatic nitrogens is 2. The number of hydrogen-bond donors (Lipinski definition) is 1. The van der Waals surface area contributed by atoms with Gasteiger partial charge in [0.25, 0.3) is 0 Å². The van der Waals surface area contributed by atoms with Gasteiger partial charge >= 0.3 is 0 Å². The van der Waals surface area contributed by atoms with Crippen LogP contribution in [0.3, 0.4) is 0 Å². The van der Waals surface area contributed by atoms with Crippen LogP contribution in [0.2, 0.25) is 0 Å². The maximum Gasteiger partial charge on any atom is 0.132 e. The van der Waals surface area contributed by atoms with Gasteiger partial charge in [-0.25, -0.2) is 4.98 Å². The molecule has 2 N–H and O–H groups in total. The summed E-state index contributed by atoms with van der Waals surface area (Å²) >= 11 is 0. The van der Waals surface area contributed by atoms with Crippen LogP contribution in [0.15, 0.2) is 36.9 Å².